The Balaban J connectivity index is 1.45. The molecule has 5 nitrogen and oxygen atoms in total. The summed E-state index contributed by atoms with van der Waals surface area (Å²) in [7, 11) is -3.43. The fourth-order valence-corrected chi connectivity index (χ4v) is 6.25. The number of hydrogen-bond acceptors (Lipinski definition) is 4. The van der Waals surface area contributed by atoms with Crippen molar-refractivity contribution in [3.05, 3.63) is 95.3 Å². The summed E-state index contributed by atoms with van der Waals surface area (Å²) in [6.07, 6.45) is 5.10. The summed E-state index contributed by atoms with van der Waals surface area (Å²) < 4.78 is 34.3. The predicted octanol–water partition coefficient (Wildman–Crippen LogP) is 5.02. The van der Waals surface area contributed by atoms with Gasteiger partial charge in [-0.3, -0.25) is 4.98 Å². The number of sulfonamides is 1. The van der Waals surface area contributed by atoms with Gasteiger partial charge in [0.1, 0.15) is 17.6 Å². The summed E-state index contributed by atoms with van der Waals surface area (Å²) in [5.41, 5.74) is 4.02. The molecule has 1 saturated heterocycles. The minimum absolute atomic E-state index is 0.0180. The van der Waals surface area contributed by atoms with E-state index in [1.165, 1.54) is 0 Å². The standard InChI is InChI=1S/C25H28N2O3S/c1-19-16-26-15-14-23(19)18-30-24-11-9-21(10-12-24)17-27-20(2)8-13-25(31(27,28)29)22-6-4-3-5-7-22/h3-7,9-12,14-16,20,25H,8,13,17-18H2,1-2H3/t20-,25?/m0/s1. The maximum Gasteiger partial charge on any atom is 0.221 e. The first-order valence-corrected chi connectivity index (χ1v) is 12.1. The van der Waals surface area contributed by atoms with Gasteiger partial charge in [0.2, 0.25) is 10.0 Å². The Morgan fingerprint density at radius 3 is 2.48 bits per heavy atom. The molecule has 1 unspecified atom stereocenters. The molecule has 0 radical (unpaired) electrons. The number of aromatic nitrogens is 1. The molecule has 2 heterocycles. The quantitative estimate of drug-likeness (QED) is 0.544. The van der Waals surface area contributed by atoms with Crippen LogP contribution >= 0.6 is 0 Å². The monoisotopic (exact) mass is 436 g/mol. The number of nitrogens with zero attached hydrogens (tertiary/aromatic N) is 2. The maximum absolute atomic E-state index is 13.4. The number of ether oxygens (including phenoxy) is 1. The topological polar surface area (TPSA) is 59.5 Å². The minimum Gasteiger partial charge on any atom is -0.489 e. The van der Waals surface area contributed by atoms with Crippen molar-refractivity contribution in [1.82, 2.24) is 9.29 Å². The van der Waals surface area contributed by atoms with Crippen LogP contribution in [0, 0.1) is 6.92 Å². The van der Waals surface area contributed by atoms with Gasteiger partial charge in [0, 0.05) is 25.0 Å². The van der Waals surface area contributed by atoms with Gasteiger partial charge in [0.05, 0.1) is 0 Å². The molecule has 0 N–H and O–H groups in total. The van der Waals surface area contributed by atoms with Gasteiger partial charge < -0.3 is 4.74 Å². The molecule has 0 saturated carbocycles. The molecule has 0 spiro atoms. The van der Waals surface area contributed by atoms with Crippen molar-refractivity contribution in [3.8, 4) is 5.75 Å². The van der Waals surface area contributed by atoms with E-state index >= 15 is 0 Å². The second-order valence-corrected chi connectivity index (χ2v) is 10.2. The second-order valence-electron chi connectivity index (χ2n) is 8.15. The smallest absolute Gasteiger partial charge is 0.221 e. The molecule has 0 amide bonds. The van der Waals surface area contributed by atoms with Gasteiger partial charge in [-0.25, -0.2) is 8.42 Å². The molecular weight excluding hydrogens is 408 g/mol. The Kier molecular flexibility index (Phi) is 6.39. The third kappa shape index (κ3) is 4.81. The van der Waals surface area contributed by atoms with E-state index in [-0.39, 0.29) is 6.04 Å². The van der Waals surface area contributed by atoms with E-state index in [0.29, 0.717) is 19.6 Å². The zero-order valence-electron chi connectivity index (χ0n) is 17.9. The molecule has 2 aromatic carbocycles. The lowest BCUT2D eigenvalue weighted by Crippen LogP contribution is -2.44. The highest BCUT2D eigenvalue weighted by Crippen LogP contribution is 2.38. The molecule has 1 aliphatic heterocycles. The molecule has 0 aliphatic carbocycles. The summed E-state index contributed by atoms with van der Waals surface area (Å²) in [5, 5.41) is -0.476. The number of aryl methyl sites for hydroxylation is 1. The Morgan fingerprint density at radius 1 is 1.03 bits per heavy atom. The van der Waals surface area contributed by atoms with Crippen molar-refractivity contribution in [3.63, 3.8) is 0 Å². The van der Waals surface area contributed by atoms with Crippen molar-refractivity contribution in [2.45, 2.75) is 51.1 Å². The van der Waals surface area contributed by atoms with Crippen LogP contribution in [0.5, 0.6) is 5.75 Å². The van der Waals surface area contributed by atoms with Crippen molar-refractivity contribution < 1.29 is 13.2 Å². The SMILES string of the molecule is Cc1cnccc1COc1ccc(CN2[C@@H](C)CCC(c3ccccc3)S2(=O)=O)cc1. The Bertz CT molecular complexity index is 1120. The lowest BCUT2D eigenvalue weighted by molar-refractivity contribution is 0.281. The molecule has 0 bridgehead atoms. The summed E-state index contributed by atoms with van der Waals surface area (Å²) in [6.45, 7) is 4.85. The summed E-state index contributed by atoms with van der Waals surface area (Å²) in [4.78, 5) is 4.10. The molecule has 31 heavy (non-hydrogen) atoms. The van der Waals surface area contributed by atoms with Crippen molar-refractivity contribution >= 4 is 10.0 Å². The molecule has 1 aromatic heterocycles. The van der Waals surface area contributed by atoms with Crippen LogP contribution in [-0.2, 0) is 23.2 Å². The van der Waals surface area contributed by atoms with E-state index in [1.54, 1.807) is 10.5 Å². The van der Waals surface area contributed by atoms with Crippen LogP contribution in [0.1, 0.15) is 47.3 Å². The highest BCUT2D eigenvalue weighted by Gasteiger charge is 2.40. The van der Waals surface area contributed by atoms with Crippen molar-refractivity contribution in [1.29, 1.82) is 0 Å². The maximum atomic E-state index is 13.4. The third-order valence-corrected chi connectivity index (χ3v) is 8.36. The zero-order valence-corrected chi connectivity index (χ0v) is 18.8. The Labute approximate surface area is 184 Å². The number of benzene rings is 2. The minimum atomic E-state index is -3.43. The Hall–Kier alpha value is -2.70. The summed E-state index contributed by atoms with van der Waals surface area (Å²) in [6, 6.07) is 19.2. The van der Waals surface area contributed by atoms with Gasteiger partial charge in [0.25, 0.3) is 0 Å². The van der Waals surface area contributed by atoms with Crippen LogP contribution in [-0.4, -0.2) is 23.7 Å². The van der Waals surface area contributed by atoms with Gasteiger partial charge in [0.15, 0.2) is 0 Å². The fraction of sp³-hybridized carbons (Fsp3) is 0.320. The van der Waals surface area contributed by atoms with E-state index in [1.807, 2.05) is 80.7 Å². The zero-order chi connectivity index (χ0) is 21.8. The molecule has 3 aromatic rings. The van der Waals surface area contributed by atoms with Crippen molar-refractivity contribution in [2.75, 3.05) is 0 Å². The summed E-state index contributed by atoms with van der Waals surface area (Å²) in [5.74, 6) is 0.761. The second kappa shape index (κ2) is 9.20. The van der Waals surface area contributed by atoms with Crippen LogP contribution in [0.25, 0.3) is 0 Å². The van der Waals surface area contributed by atoms with Crippen molar-refractivity contribution in [2.24, 2.45) is 0 Å². The lowest BCUT2D eigenvalue weighted by atomic mass is 10.0. The molecule has 1 fully saturated rings. The molecular formula is C25H28N2O3S. The fourth-order valence-electron chi connectivity index (χ4n) is 4.05. The van der Waals surface area contributed by atoms with E-state index < -0.39 is 15.3 Å². The van der Waals surface area contributed by atoms with Gasteiger partial charge >= 0.3 is 0 Å². The van der Waals surface area contributed by atoms with Crippen LogP contribution < -0.4 is 4.74 Å². The normalized spacial score (nSPS) is 21.0. The van der Waals surface area contributed by atoms with Gasteiger partial charge in [-0.05, 0) is 67.1 Å². The van der Waals surface area contributed by atoms with E-state index in [2.05, 4.69) is 4.98 Å². The van der Waals surface area contributed by atoms with E-state index in [0.717, 1.165) is 34.4 Å². The Morgan fingerprint density at radius 2 is 1.77 bits per heavy atom. The van der Waals surface area contributed by atoms with Gasteiger partial charge in [-0.2, -0.15) is 4.31 Å². The van der Waals surface area contributed by atoms with Gasteiger partial charge in [-0.1, -0.05) is 42.5 Å². The first-order chi connectivity index (χ1) is 14.9. The van der Waals surface area contributed by atoms with Crippen LogP contribution in [0.2, 0.25) is 0 Å². The highest BCUT2D eigenvalue weighted by atomic mass is 32.2. The van der Waals surface area contributed by atoms with Crippen LogP contribution in [0.3, 0.4) is 0 Å². The molecule has 2 atom stereocenters. The molecule has 162 valence electrons. The van der Waals surface area contributed by atoms with E-state index in [9.17, 15) is 8.42 Å². The number of pyridine rings is 1. The first kappa shape index (κ1) is 21.5. The molecule has 1 aliphatic rings. The predicted molar refractivity (Wildman–Crippen MR) is 122 cm³/mol. The molecule has 4 rings (SSSR count). The van der Waals surface area contributed by atoms with E-state index in [4.69, 9.17) is 4.74 Å². The molecule has 6 heteroatoms. The van der Waals surface area contributed by atoms with Gasteiger partial charge in [-0.15, -0.1) is 0 Å². The summed E-state index contributed by atoms with van der Waals surface area (Å²) >= 11 is 0. The largest absolute Gasteiger partial charge is 0.489 e. The highest BCUT2D eigenvalue weighted by molar-refractivity contribution is 7.89. The van der Waals surface area contributed by atoms with Crippen LogP contribution in [0.15, 0.2) is 73.1 Å². The lowest BCUT2D eigenvalue weighted by Gasteiger charge is -2.37. The average Bonchev–Trinajstić information content (AvgIpc) is 2.77. The third-order valence-electron chi connectivity index (χ3n) is 5.99. The number of hydrogen-bond donors (Lipinski definition) is 0. The van der Waals surface area contributed by atoms with Crippen LogP contribution in [0.4, 0.5) is 0 Å². The first-order valence-electron chi connectivity index (χ1n) is 10.6. The number of rotatable bonds is 6. The average molecular weight is 437 g/mol.